The van der Waals surface area contributed by atoms with Crippen LogP contribution in [-0.4, -0.2) is 39.9 Å². The van der Waals surface area contributed by atoms with Crippen LogP contribution in [0, 0.1) is 5.82 Å². The van der Waals surface area contributed by atoms with E-state index < -0.39 is 5.82 Å². The number of aliphatic hydroxyl groups excluding tert-OH is 1. The van der Waals surface area contributed by atoms with Gasteiger partial charge in [-0.1, -0.05) is 0 Å². The zero-order valence-corrected chi connectivity index (χ0v) is 16.4. The van der Waals surface area contributed by atoms with Gasteiger partial charge in [-0.25, -0.2) is 19.3 Å². The minimum absolute atomic E-state index is 0.151. The zero-order chi connectivity index (χ0) is 20.1. The predicted octanol–water partition coefficient (Wildman–Crippen LogP) is 3.71. The van der Waals surface area contributed by atoms with Gasteiger partial charge < -0.3 is 19.3 Å². The van der Waals surface area contributed by atoms with E-state index in [9.17, 15) is 9.50 Å². The lowest BCUT2D eigenvalue weighted by Gasteiger charge is -2.24. The van der Waals surface area contributed by atoms with E-state index in [0.29, 0.717) is 55.9 Å². The summed E-state index contributed by atoms with van der Waals surface area (Å²) in [6.07, 6.45) is 1.36. The highest BCUT2D eigenvalue weighted by atomic mass is 32.1. The fourth-order valence-corrected chi connectivity index (χ4v) is 4.39. The molecule has 1 aliphatic rings. The van der Waals surface area contributed by atoms with Crippen LogP contribution in [0.2, 0.25) is 0 Å². The maximum absolute atomic E-state index is 14.7. The van der Waals surface area contributed by atoms with Crippen molar-refractivity contribution in [3.8, 4) is 28.0 Å². The van der Waals surface area contributed by atoms with Crippen LogP contribution in [-0.2, 0) is 6.61 Å². The van der Waals surface area contributed by atoms with E-state index in [-0.39, 0.29) is 18.2 Å². The van der Waals surface area contributed by atoms with Gasteiger partial charge in [-0.15, -0.1) is 11.3 Å². The van der Waals surface area contributed by atoms with Gasteiger partial charge in [0.25, 0.3) is 0 Å². The molecule has 9 heteroatoms. The van der Waals surface area contributed by atoms with Crippen LogP contribution in [0.3, 0.4) is 0 Å². The van der Waals surface area contributed by atoms with E-state index in [4.69, 9.17) is 14.2 Å². The van der Waals surface area contributed by atoms with Crippen LogP contribution in [0.25, 0.3) is 31.8 Å². The number of methoxy groups -OCH3 is 1. The number of ether oxygens (including phenoxy) is 3. The van der Waals surface area contributed by atoms with Gasteiger partial charge in [-0.2, -0.15) is 0 Å². The predicted molar refractivity (Wildman–Crippen MR) is 106 cm³/mol. The highest BCUT2D eigenvalue weighted by molar-refractivity contribution is 7.22. The van der Waals surface area contributed by atoms with Gasteiger partial charge in [-0.05, 0) is 24.6 Å². The molecule has 0 saturated heterocycles. The lowest BCUT2D eigenvalue weighted by Crippen LogP contribution is -2.25. The first kappa shape index (κ1) is 18.0. The Balaban J connectivity index is 1.75. The van der Waals surface area contributed by atoms with Crippen molar-refractivity contribution in [3.63, 3.8) is 0 Å². The lowest BCUT2D eigenvalue weighted by molar-refractivity contribution is 0.105. The number of aromatic nitrogens is 3. The molecule has 0 radical (unpaired) electrons. The Morgan fingerprint density at radius 1 is 1.28 bits per heavy atom. The Bertz CT molecular complexity index is 1250. The first-order chi connectivity index (χ1) is 14.1. The molecule has 1 N–H and O–H groups in total. The molecule has 7 nitrogen and oxygen atoms in total. The fraction of sp³-hybridized carbons (Fsp3) is 0.250. The monoisotopic (exact) mass is 413 g/mol. The van der Waals surface area contributed by atoms with Crippen molar-refractivity contribution < 1.29 is 23.7 Å². The number of fused-ring (bicyclic) bond motifs is 4. The maximum atomic E-state index is 14.7. The van der Waals surface area contributed by atoms with Crippen LogP contribution in [0.5, 0.6) is 17.4 Å². The quantitative estimate of drug-likeness (QED) is 0.548. The smallest absolute Gasteiger partial charge is 0.232 e. The lowest BCUT2D eigenvalue weighted by atomic mass is 10.1. The molecule has 2 aromatic carbocycles. The summed E-state index contributed by atoms with van der Waals surface area (Å²) in [5, 5.41) is 10.2. The number of nitrogens with zero attached hydrogens (tertiary/aromatic N) is 3. The third kappa shape index (κ3) is 2.93. The van der Waals surface area contributed by atoms with Crippen molar-refractivity contribution in [2.45, 2.75) is 19.6 Å². The second-order valence-electron chi connectivity index (χ2n) is 6.70. The number of aliphatic hydroxyl groups is 1. The summed E-state index contributed by atoms with van der Waals surface area (Å²) in [6.45, 7) is 2.07. The van der Waals surface area contributed by atoms with E-state index in [1.54, 1.807) is 12.1 Å². The van der Waals surface area contributed by atoms with Crippen molar-refractivity contribution in [2.24, 2.45) is 0 Å². The van der Waals surface area contributed by atoms with Crippen molar-refractivity contribution in [1.29, 1.82) is 0 Å². The van der Waals surface area contributed by atoms with Gasteiger partial charge in [0.05, 0.1) is 30.9 Å². The Morgan fingerprint density at radius 3 is 2.93 bits per heavy atom. The summed E-state index contributed by atoms with van der Waals surface area (Å²) < 4.78 is 32.0. The Labute approximate surface area is 168 Å². The normalized spacial score (nSPS) is 15.8. The molecule has 148 valence electrons. The van der Waals surface area contributed by atoms with Crippen LogP contribution in [0.1, 0.15) is 12.5 Å². The summed E-state index contributed by atoms with van der Waals surface area (Å²) in [5.41, 5.74) is 2.65. The molecule has 1 atom stereocenters. The van der Waals surface area contributed by atoms with Crippen molar-refractivity contribution >= 4 is 32.6 Å². The number of benzene rings is 2. The van der Waals surface area contributed by atoms with Crippen molar-refractivity contribution in [1.82, 2.24) is 15.0 Å². The molecule has 4 aromatic rings. The van der Waals surface area contributed by atoms with Gasteiger partial charge >= 0.3 is 0 Å². The highest BCUT2D eigenvalue weighted by Gasteiger charge is 2.25. The Morgan fingerprint density at radius 2 is 2.14 bits per heavy atom. The molecule has 0 spiro atoms. The van der Waals surface area contributed by atoms with E-state index >= 15 is 0 Å². The average Bonchev–Trinajstić information content (AvgIpc) is 3.18. The molecule has 0 aliphatic carbocycles. The van der Waals surface area contributed by atoms with Crippen molar-refractivity contribution in [3.05, 3.63) is 35.8 Å². The summed E-state index contributed by atoms with van der Waals surface area (Å²) in [7, 11) is 1.51. The topological polar surface area (TPSA) is 86.6 Å². The minimum atomic E-state index is -0.477. The summed E-state index contributed by atoms with van der Waals surface area (Å²) in [5.74, 6) is 0.762. The number of hydrogen-bond donors (Lipinski definition) is 1. The van der Waals surface area contributed by atoms with E-state index in [1.807, 2.05) is 6.92 Å². The molecule has 29 heavy (non-hydrogen) atoms. The van der Waals surface area contributed by atoms with Crippen molar-refractivity contribution in [2.75, 3.05) is 13.7 Å². The van der Waals surface area contributed by atoms with E-state index in [0.717, 1.165) is 0 Å². The Hall–Kier alpha value is -3.04. The number of thiazole rings is 1. The third-order valence-electron chi connectivity index (χ3n) is 4.64. The Kier molecular flexibility index (Phi) is 4.21. The number of halogens is 1. The van der Waals surface area contributed by atoms with Gasteiger partial charge in [-0.3, -0.25) is 0 Å². The molecule has 0 saturated carbocycles. The molecular formula is C20H16FN3O4S. The molecule has 0 fully saturated rings. The number of hydrogen-bond acceptors (Lipinski definition) is 8. The summed E-state index contributed by atoms with van der Waals surface area (Å²) in [6, 6.07) is 4.83. The molecule has 5 rings (SSSR count). The molecule has 1 aliphatic heterocycles. The van der Waals surface area contributed by atoms with Gasteiger partial charge in [0, 0.05) is 11.6 Å². The summed E-state index contributed by atoms with van der Waals surface area (Å²) in [4.78, 5) is 13.3. The average molecular weight is 413 g/mol. The van der Waals surface area contributed by atoms with E-state index in [1.165, 1.54) is 30.7 Å². The zero-order valence-electron chi connectivity index (χ0n) is 15.6. The second kappa shape index (κ2) is 6.78. The highest BCUT2D eigenvalue weighted by Crippen LogP contribution is 2.45. The SMILES string of the molecule is COc1cnc2c(-c3nc4c(F)cc5c(c4s3)OC[C@@H](C)O5)cc(CO)cc2n1. The fourth-order valence-electron chi connectivity index (χ4n) is 3.31. The summed E-state index contributed by atoms with van der Waals surface area (Å²) >= 11 is 1.29. The molecule has 3 heterocycles. The minimum Gasteiger partial charge on any atom is -0.484 e. The second-order valence-corrected chi connectivity index (χ2v) is 7.70. The largest absolute Gasteiger partial charge is 0.484 e. The standard InChI is InChI=1S/C20H16FN3O4S/c1-9-8-27-18-14(28-9)5-12(21)17-19(18)29-20(24-17)11-3-10(7-25)4-13-16(11)22-6-15(23-13)26-2/h3-6,9,25H,7-8H2,1-2H3/t9-/m1/s1. The number of rotatable bonds is 3. The van der Waals surface area contributed by atoms with Gasteiger partial charge in [0.2, 0.25) is 5.88 Å². The molecule has 2 aromatic heterocycles. The maximum Gasteiger partial charge on any atom is 0.232 e. The van der Waals surface area contributed by atoms with Crippen LogP contribution in [0.4, 0.5) is 4.39 Å². The molecular weight excluding hydrogens is 397 g/mol. The van der Waals surface area contributed by atoms with Crippen LogP contribution < -0.4 is 14.2 Å². The van der Waals surface area contributed by atoms with Gasteiger partial charge in [0.15, 0.2) is 17.3 Å². The molecule has 0 unspecified atom stereocenters. The first-order valence-corrected chi connectivity index (χ1v) is 9.76. The van der Waals surface area contributed by atoms with Gasteiger partial charge in [0.1, 0.15) is 27.9 Å². The first-order valence-electron chi connectivity index (χ1n) is 8.94. The molecule has 0 amide bonds. The third-order valence-corrected chi connectivity index (χ3v) is 5.73. The van der Waals surface area contributed by atoms with Crippen LogP contribution >= 0.6 is 11.3 Å². The van der Waals surface area contributed by atoms with Crippen LogP contribution in [0.15, 0.2) is 24.4 Å². The van der Waals surface area contributed by atoms with E-state index in [2.05, 4.69) is 15.0 Å². The molecule has 0 bridgehead atoms.